The monoisotopic (exact) mass is 344 g/mol. The van der Waals surface area contributed by atoms with Gasteiger partial charge in [0.25, 0.3) is 0 Å². The van der Waals surface area contributed by atoms with Gasteiger partial charge >= 0.3 is 13.8 Å². The highest BCUT2D eigenvalue weighted by atomic mass is 31.2. The molecule has 0 aliphatic rings. The third-order valence-corrected chi connectivity index (χ3v) is 4.42. The van der Waals surface area contributed by atoms with Gasteiger partial charge in [0.05, 0.1) is 19.6 Å². The Labute approximate surface area is 137 Å². The van der Waals surface area contributed by atoms with Crippen LogP contribution in [0.3, 0.4) is 0 Å². The molecule has 0 aliphatic heterocycles. The van der Waals surface area contributed by atoms with E-state index in [1.165, 1.54) is 0 Å². The van der Waals surface area contributed by atoms with Crippen molar-refractivity contribution in [2.24, 2.45) is 0 Å². The molecule has 130 valence electrons. The van der Waals surface area contributed by atoms with Crippen LogP contribution in [0.4, 0.5) is 0 Å². The summed E-state index contributed by atoms with van der Waals surface area (Å²) < 4.78 is 28.7. The second kappa shape index (κ2) is 10.4. The SMILES string of the molecule is CCCCOP(=O)(OCCCC)Oc1ccc(CC(=O)O)cc1. The minimum absolute atomic E-state index is 0.0715. The molecule has 0 unspecified atom stereocenters. The number of hydrogen-bond acceptors (Lipinski definition) is 5. The lowest BCUT2D eigenvalue weighted by Crippen LogP contribution is -2.05. The fraction of sp³-hybridized carbons (Fsp3) is 0.562. The molecule has 0 atom stereocenters. The van der Waals surface area contributed by atoms with Crippen LogP contribution in [0.5, 0.6) is 5.75 Å². The van der Waals surface area contributed by atoms with Crippen LogP contribution < -0.4 is 4.52 Å². The number of unbranched alkanes of at least 4 members (excludes halogenated alkanes) is 2. The quantitative estimate of drug-likeness (QED) is 0.446. The Kier molecular flexibility index (Phi) is 8.92. The smallest absolute Gasteiger partial charge is 0.481 e. The molecule has 0 fully saturated rings. The summed E-state index contributed by atoms with van der Waals surface area (Å²) in [6.45, 7) is 4.62. The van der Waals surface area contributed by atoms with Gasteiger partial charge in [-0.3, -0.25) is 13.8 Å². The molecule has 0 bridgehead atoms. The van der Waals surface area contributed by atoms with Gasteiger partial charge in [0.2, 0.25) is 0 Å². The highest BCUT2D eigenvalue weighted by Crippen LogP contribution is 2.49. The lowest BCUT2D eigenvalue weighted by atomic mass is 10.1. The number of phosphoric acid groups is 1. The molecule has 23 heavy (non-hydrogen) atoms. The molecule has 1 aromatic rings. The Hall–Kier alpha value is -1.36. The van der Waals surface area contributed by atoms with Crippen LogP contribution in [0.1, 0.15) is 45.1 Å². The largest absolute Gasteiger partial charge is 0.530 e. The van der Waals surface area contributed by atoms with Gasteiger partial charge in [-0.15, -0.1) is 0 Å². The van der Waals surface area contributed by atoms with E-state index in [9.17, 15) is 9.36 Å². The maximum Gasteiger partial charge on any atom is 0.530 e. The summed E-state index contributed by atoms with van der Waals surface area (Å²) in [5.74, 6) is -0.578. The summed E-state index contributed by atoms with van der Waals surface area (Å²) in [6, 6.07) is 6.37. The van der Waals surface area contributed by atoms with Crippen LogP contribution in [-0.4, -0.2) is 24.3 Å². The Bertz CT molecular complexity index is 500. The highest BCUT2D eigenvalue weighted by molar-refractivity contribution is 7.48. The van der Waals surface area contributed by atoms with Gasteiger partial charge in [0.1, 0.15) is 5.75 Å². The van der Waals surface area contributed by atoms with Gasteiger partial charge in [-0.2, -0.15) is 0 Å². The van der Waals surface area contributed by atoms with Crippen LogP contribution in [0.15, 0.2) is 24.3 Å². The fourth-order valence-corrected chi connectivity index (χ4v) is 2.97. The molecule has 0 saturated carbocycles. The number of rotatable bonds is 12. The number of phosphoric ester groups is 1. The van der Waals surface area contributed by atoms with E-state index in [1.54, 1.807) is 24.3 Å². The van der Waals surface area contributed by atoms with Crippen LogP contribution in [0.2, 0.25) is 0 Å². The Morgan fingerprint density at radius 2 is 1.57 bits per heavy atom. The number of carbonyl (C=O) groups is 1. The molecular formula is C16H25O6P. The normalized spacial score (nSPS) is 11.4. The van der Waals surface area contributed by atoms with Gasteiger partial charge in [0, 0.05) is 0 Å². The van der Waals surface area contributed by atoms with Gasteiger partial charge in [-0.1, -0.05) is 38.8 Å². The summed E-state index contributed by atoms with van der Waals surface area (Å²) >= 11 is 0. The molecule has 1 N–H and O–H groups in total. The van der Waals surface area contributed by atoms with Crippen molar-refractivity contribution in [3.05, 3.63) is 29.8 Å². The van der Waals surface area contributed by atoms with Gasteiger partial charge in [-0.25, -0.2) is 4.57 Å². The van der Waals surface area contributed by atoms with Crippen molar-refractivity contribution in [2.75, 3.05) is 13.2 Å². The van der Waals surface area contributed by atoms with Crippen molar-refractivity contribution in [1.29, 1.82) is 0 Å². The molecule has 0 spiro atoms. The Balaban J connectivity index is 2.70. The summed E-state index contributed by atoms with van der Waals surface area (Å²) in [5.41, 5.74) is 0.637. The molecule has 0 saturated heterocycles. The summed E-state index contributed by atoms with van der Waals surface area (Å²) in [4.78, 5) is 10.7. The third kappa shape index (κ3) is 8.16. The van der Waals surface area contributed by atoms with Crippen molar-refractivity contribution in [3.8, 4) is 5.75 Å². The average Bonchev–Trinajstić information content (AvgIpc) is 2.49. The molecule has 0 aliphatic carbocycles. The first-order valence-electron chi connectivity index (χ1n) is 7.88. The molecule has 0 amide bonds. The molecule has 0 radical (unpaired) electrons. The van der Waals surface area contributed by atoms with Crippen LogP contribution in [-0.2, 0) is 24.8 Å². The van der Waals surface area contributed by atoms with Gasteiger partial charge in [-0.05, 0) is 30.5 Å². The van der Waals surface area contributed by atoms with Crippen molar-refractivity contribution in [3.63, 3.8) is 0 Å². The lowest BCUT2D eigenvalue weighted by Gasteiger charge is -2.18. The second-order valence-electron chi connectivity index (χ2n) is 5.13. The van der Waals surface area contributed by atoms with E-state index in [2.05, 4.69) is 0 Å². The van der Waals surface area contributed by atoms with E-state index in [0.717, 1.165) is 25.7 Å². The maximum absolute atomic E-state index is 12.6. The standard InChI is InChI=1S/C16H25O6P/c1-3-5-11-20-23(19,21-12-6-4-2)22-15-9-7-14(8-10-15)13-16(17)18/h7-10H,3-6,11-13H2,1-2H3,(H,17,18). The maximum atomic E-state index is 12.6. The highest BCUT2D eigenvalue weighted by Gasteiger charge is 2.28. The van der Waals surface area contributed by atoms with Crippen molar-refractivity contribution >= 4 is 13.8 Å². The van der Waals surface area contributed by atoms with Crippen LogP contribution in [0.25, 0.3) is 0 Å². The third-order valence-electron chi connectivity index (χ3n) is 2.99. The van der Waals surface area contributed by atoms with E-state index in [-0.39, 0.29) is 6.42 Å². The van der Waals surface area contributed by atoms with E-state index < -0.39 is 13.8 Å². The Morgan fingerprint density at radius 3 is 2.00 bits per heavy atom. The van der Waals surface area contributed by atoms with Crippen LogP contribution >= 0.6 is 7.82 Å². The number of hydrogen-bond donors (Lipinski definition) is 1. The zero-order valence-electron chi connectivity index (χ0n) is 13.7. The topological polar surface area (TPSA) is 82.1 Å². The van der Waals surface area contributed by atoms with E-state index in [0.29, 0.717) is 24.5 Å². The first-order chi connectivity index (χ1) is 11.0. The summed E-state index contributed by atoms with van der Waals surface area (Å²) in [7, 11) is -3.66. The molecule has 7 heteroatoms. The molecule has 1 aromatic carbocycles. The first-order valence-corrected chi connectivity index (χ1v) is 9.34. The predicted molar refractivity (Wildman–Crippen MR) is 87.7 cm³/mol. The molecule has 0 aromatic heterocycles. The van der Waals surface area contributed by atoms with E-state index >= 15 is 0 Å². The minimum Gasteiger partial charge on any atom is -0.481 e. The number of aliphatic carboxylic acids is 1. The van der Waals surface area contributed by atoms with E-state index in [1.807, 2.05) is 13.8 Å². The van der Waals surface area contributed by atoms with Gasteiger partial charge in [0.15, 0.2) is 0 Å². The fourth-order valence-electron chi connectivity index (χ4n) is 1.70. The number of benzene rings is 1. The molecular weight excluding hydrogens is 319 g/mol. The number of carboxylic acids is 1. The summed E-state index contributed by atoms with van der Waals surface area (Å²) in [5, 5.41) is 8.75. The predicted octanol–water partition coefficient (Wildman–Crippen LogP) is 4.43. The van der Waals surface area contributed by atoms with Crippen LogP contribution in [0, 0.1) is 0 Å². The Morgan fingerprint density at radius 1 is 1.04 bits per heavy atom. The van der Waals surface area contributed by atoms with Crippen molar-refractivity contribution in [1.82, 2.24) is 0 Å². The minimum atomic E-state index is -3.66. The lowest BCUT2D eigenvalue weighted by molar-refractivity contribution is -0.136. The van der Waals surface area contributed by atoms with E-state index in [4.69, 9.17) is 18.7 Å². The first kappa shape index (κ1) is 19.7. The van der Waals surface area contributed by atoms with Gasteiger partial charge < -0.3 is 9.63 Å². The van der Waals surface area contributed by atoms with Crippen molar-refractivity contribution < 1.29 is 28.0 Å². The zero-order chi connectivity index (χ0) is 17.1. The average molecular weight is 344 g/mol. The van der Waals surface area contributed by atoms with Crippen molar-refractivity contribution in [2.45, 2.75) is 46.0 Å². The number of carboxylic acid groups (broad SMARTS) is 1. The molecule has 1 rings (SSSR count). The second-order valence-corrected chi connectivity index (χ2v) is 6.72. The molecule has 0 heterocycles. The zero-order valence-corrected chi connectivity index (χ0v) is 14.6. The summed E-state index contributed by atoms with van der Waals surface area (Å²) in [6.07, 6.45) is 3.29. The molecule has 6 nitrogen and oxygen atoms in total.